The summed E-state index contributed by atoms with van der Waals surface area (Å²) < 4.78 is 51.3. The Bertz CT molecular complexity index is 1750. The summed E-state index contributed by atoms with van der Waals surface area (Å²) in [6, 6.07) is 5.64. The van der Waals surface area contributed by atoms with Crippen LogP contribution in [-0.2, 0) is 21.1 Å². The van der Waals surface area contributed by atoms with Crippen molar-refractivity contribution in [3.63, 3.8) is 0 Å². The lowest BCUT2D eigenvalue weighted by atomic mass is 9.97. The molecule has 224 valence electrons. The lowest BCUT2D eigenvalue weighted by molar-refractivity contribution is 0.0694. The highest BCUT2D eigenvalue weighted by atomic mass is 31.2. The number of pyridine rings is 1. The SMILES string of the molecule is C[C@@H]1COc2c(C3(NC(=O)Oc4ccc(CC(P(=O)(O)O)P(=O)(O)O)cc4)CC3)c(F)cc3c(=O)c(C(=O)O)cn1c23. The number of carbonyl (C=O) groups excluding carboxylic acids is 1. The molecule has 1 saturated carbocycles. The molecule has 2 aliphatic rings. The summed E-state index contributed by atoms with van der Waals surface area (Å²) in [4.78, 5) is 74.5. The lowest BCUT2D eigenvalue weighted by Crippen LogP contribution is -2.38. The fraction of sp³-hybridized carbons (Fsp3) is 0.320. The second-order valence-corrected chi connectivity index (χ2v) is 14.3. The van der Waals surface area contributed by atoms with Crippen molar-refractivity contribution in [3.8, 4) is 11.5 Å². The predicted molar refractivity (Wildman–Crippen MR) is 143 cm³/mol. The van der Waals surface area contributed by atoms with Gasteiger partial charge < -0.3 is 44.0 Å². The fourth-order valence-corrected chi connectivity index (χ4v) is 7.52. The van der Waals surface area contributed by atoms with E-state index < -0.39 is 61.4 Å². The topological polar surface area (TPSA) is 222 Å². The van der Waals surface area contributed by atoms with Gasteiger partial charge in [0.15, 0.2) is 11.1 Å². The van der Waals surface area contributed by atoms with E-state index in [2.05, 4.69) is 5.32 Å². The third kappa shape index (κ3) is 5.47. The average Bonchev–Trinajstić information content (AvgIpc) is 3.64. The normalized spacial score (nSPS) is 17.5. The van der Waals surface area contributed by atoms with Crippen molar-refractivity contribution in [2.24, 2.45) is 0 Å². The Morgan fingerprint density at radius 1 is 1.17 bits per heavy atom. The molecular formula is C25H25FN2O12P2. The first-order valence-electron chi connectivity index (χ1n) is 12.5. The standard InChI is InChI=1S/C25H25FN2O12P2/c1-12-11-39-22-19(17(26)9-15-20(22)28(12)10-16(21(15)29)23(30)31)25(6-7-25)27-24(32)40-14-4-2-13(3-5-14)8-18(41(33,34)35)42(36,37)38/h2-5,9-10,12,18H,6-8,11H2,1H3,(H,27,32)(H,30,31)(H2,33,34,35)(H2,36,37,38)/t12-/m1/s1. The number of rotatable bonds is 8. The van der Waals surface area contributed by atoms with Gasteiger partial charge in [-0.3, -0.25) is 13.9 Å². The number of hydrogen-bond acceptors (Lipinski definition) is 7. The summed E-state index contributed by atoms with van der Waals surface area (Å²) >= 11 is 0. The van der Waals surface area contributed by atoms with Crippen molar-refractivity contribution in [3.05, 3.63) is 69.3 Å². The molecule has 1 aliphatic heterocycles. The van der Waals surface area contributed by atoms with Crippen molar-refractivity contribution in [1.82, 2.24) is 9.88 Å². The highest BCUT2D eigenvalue weighted by Crippen LogP contribution is 2.61. The summed E-state index contributed by atoms with van der Waals surface area (Å²) in [6.07, 6.45) is 0.195. The predicted octanol–water partition coefficient (Wildman–Crippen LogP) is 2.79. The van der Waals surface area contributed by atoms with Crippen LogP contribution in [0.15, 0.2) is 41.3 Å². The molecule has 6 N–H and O–H groups in total. The lowest BCUT2D eigenvalue weighted by Gasteiger charge is -2.30. The second kappa shape index (κ2) is 10.3. The minimum Gasteiger partial charge on any atom is -0.489 e. The molecule has 0 unspecified atom stereocenters. The second-order valence-electron chi connectivity index (χ2n) is 10.3. The number of benzene rings is 2. The maximum atomic E-state index is 15.6. The number of carbonyl (C=O) groups is 2. The largest absolute Gasteiger partial charge is 0.489 e. The Hall–Kier alpha value is -3.58. The van der Waals surface area contributed by atoms with Gasteiger partial charge in [-0.25, -0.2) is 14.0 Å². The van der Waals surface area contributed by atoms with Crippen molar-refractivity contribution in [1.29, 1.82) is 0 Å². The van der Waals surface area contributed by atoms with Gasteiger partial charge in [-0.15, -0.1) is 0 Å². The highest BCUT2D eigenvalue weighted by molar-refractivity contribution is 7.70. The van der Waals surface area contributed by atoms with Crippen LogP contribution in [-0.4, -0.2) is 53.3 Å². The van der Waals surface area contributed by atoms with Crippen molar-refractivity contribution in [2.75, 3.05) is 6.61 Å². The number of nitrogens with zero attached hydrogens (tertiary/aromatic N) is 1. The smallest absolute Gasteiger partial charge is 0.413 e. The van der Waals surface area contributed by atoms with Crippen LogP contribution in [0.25, 0.3) is 10.9 Å². The number of ether oxygens (including phenoxy) is 2. The molecular weight excluding hydrogens is 601 g/mol. The molecule has 1 amide bonds. The Morgan fingerprint density at radius 2 is 1.79 bits per heavy atom. The maximum absolute atomic E-state index is 15.6. The number of nitrogens with one attached hydrogen (secondary N) is 1. The van der Waals surface area contributed by atoms with E-state index in [1.807, 2.05) is 0 Å². The zero-order valence-electron chi connectivity index (χ0n) is 21.8. The summed E-state index contributed by atoms with van der Waals surface area (Å²) in [5.74, 6) is -2.32. The van der Waals surface area contributed by atoms with Gasteiger partial charge in [0.1, 0.15) is 23.7 Å². The molecule has 14 nitrogen and oxygen atoms in total. The van der Waals surface area contributed by atoms with Gasteiger partial charge in [0, 0.05) is 6.20 Å². The number of amides is 1. The average molecular weight is 626 g/mol. The number of hydrogen-bond donors (Lipinski definition) is 6. The van der Waals surface area contributed by atoms with Crippen LogP contribution in [0, 0.1) is 5.82 Å². The highest BCUT2D eigenvalue weighted by Gasteiger charge is 2.51. The van der Waals surface area contributed by atoms with Crippen LogP contribution >= 0.6 is 15.2 Å². The first-order chi connectivity index (χ1) is 19.5. The van der Waals surface area contributed by atoms with Crippen molar-refractivity contribution in [2.45, 2.75) is 43.2 Å². The minimum absolute atomic E-state index is 0.00802. The fourth-order valence-electron chi connectivity index (χ4n) is 5.05. The van der Waals surface area contributed by atoms with Crippen LogP contribution in [0.1, 0.15) is 47.3 Å². The Labute approximate surface area is 236 Å². The molecule has 3 aromatic rings. The van der Waals surface area contributed by atoms with Crippen LogP contribution in [0.2, 0.25) is 0 Å². The van der Waals surface area contributed by atoms with Gasteiger partial charge in [-0.2, -0.15) is 0 Å². The minimum atomic E-state index is -5.13. The number of aromatic carboxylic acids is 1. The molecule has 0 bridgehead atoms. The zero-order valence-corrected chi connectivity index (χ0v) is 23.5. The molecule has 17 heteroatoms. The Morgan fingerprint density at radius 3 is 2.33 bits per heavy atom. The Balaban J connectivity index is 1.40. The third-order valence-electron chi connectivity index (χ3n) is 7.30. The quantitative estimate of drug-likeness (QED) is 0.199. The van der Waals surface area contributed by atoms with Gasteiger partial charge in [-0.05, 0) is 49.9 Å². The third-order valence-corrected chi connectivity index (χ3v) is 11.0. The molecule has 0 radical (unpaired) electrons. The number of carboxylic acid groups (broad SMARTS) is 1. The summed E-state index contributed by atoms with van der Waals surface area (Å²) in [6.45, 7) is 1.80. The molecule has 2 aromatic carbocycles. The van der Waals surface area contributed by atoms with Gasteiger partial charge in [0.2, 0.25) is 5.43 Å². The first kappa shape index (κ1) is 29.9. The van der Waals surface area contributed by atoms with E-state index in [9.17, 15) is 48.2 Å². The zero-order chi connectivity index (χ0) is 30.8. The van der Waals surface area contributed by atoms with Gasteiger partial charge in [0.05, 0.1) is 28.0 Å². The number of halogens is 1. The molecule has 2 heterocycles. The van der Waals surface area contributed by atoms with Crippen molar-refractivity contribution >= 4 is 38.2 Å². The van der Waals surface area contributed by atoms with Crippen LogP contribution in [0.5, 0.6) is 11.5 Å². The van der Waals surface area contributed by atoms with Crippen LogP contribution < -0.4 is 20.2 Å². The molecule has 1 atom stereocenters. The van der Waals surface area contributed by atoms with E-state index in [-0.39, 0.29) is 46.2 Å². The molecule has 0 saturated heterocycles. The van der Waals surface area contributed by atoms with Crippen LogP contribution in [0.3, 0.4) is 0 Å². The molecule has 1 aromatic heterocycles. The van der Waals surface area contributed by atoms with Gasteiger partial charge in [0.25, 0.3) is 0 Å². The molecule has 0 spiro atoms. The van der Waals surface area contributed by atoms with E-state index in [4.69, 9.17) is 9.47 Å². The van der Waals surface area contributed by atoms with E-state index in [0.717, 1.165) is 6.07 Å². The van der Waals surface area contributed by atoms with Crippen molar-refractivity contribution < 1.29 is 57.3 Å². The van der Waals surface area contributed by atoms with E-state index in [0.29, 0.717) is 12.8 Å². The summed E-state index contributed by atoms with van der Waals surface area (Å²) in [7, 11) is -10.3. The first-order valence-corrected chi connectivity index (χ1v) is 15.9. The van der Waals surface area contributed by atoms with Gasteiger partial charge in [-0.1, -0.05) is 12.1 Å². The molecule has 1 fully saturated rings. The maximum Gasteiger partial charge on any atom is 0.413 e. The van der Waals surface area contributed by atoms with E-state index in [1.54, 1.807) is 11.5 Å². The van der Waals surface area contributed by atoms with Crippen LogP contribution in [0.4, 0.5) is 9.18 Å². The number of aromatic nitrogens is 1. The summed E-state index contributed by atoms with van der Waals surface area (Å²) in [5, 5.41) is 9.68. The van der Waals surface area contributed by atoms with E-state index in [1.165, 1.54) is 30.5 Å². The molecule has 42 heavy (non-hydrogen) atoms. The van der Waals surface area contributed by atoms with Gasteiger partial charge >= 0.3 is 27.3 Å². The molecule has 5 rings (SSSR count). The summed E-state index contributed by atoms with van der Waals surface area (Å²) in [5.41, 5.74) is -2.25. The van der Waals surface area contributed by atoms with E-state index >= 15 is 4.39 Å². The molecule has 1 aliphatic carbocycles. The monoisotopic (exact) mass is 626 g/mol. The number of carboxylic acids is 1. The Kier molecular flexibility index (Phi) is 7.33.